The molecular formula is C33H36N6O3S. The van der Waals surface area contributed by atoms with Crippen molar-refractivity contribution in [2.24, 2.45) is 0 Å². The van der Waals surface area contributed by atoms with E-state index in [1.807, 2.05) is 35.8 Å². The number of fused-ring (bicyclic) bond motifs is 2. The van der Waals surface area contributed by atoms with Crippen LogP contribution in [0.1, 0.15) is 72.9 Å². The third kappa shape index (κ3) is 5.07. The van der Waals surface area contributed by atoms with Crippen molar-refractivity contribution in [3.63, 3.8) is 0 Å². The van der Waals surface area contributed by atoms with Gasteiger partial charge in [0.1, 0.15) is 21.9 Å². The molecule has 0 bridgehead atoms. The number of carbonyl (C=O) groups excluding carboxylic acids is 1. The first-order chi connectivity index (χ1) is 20.9. The average molecular weight is 597 g/mol. The van der Waals surface area contributed by atoms with Crippen LogP contribution < -0.4 is 16.1 Å². The molecule has 2 N–H and O–H groups in total. The Kier molecular flexibility index (Phi) is 7.17. The minimum atomic E-state index is -0.0221. The van der Waals surface area contributed by atoms with Crippen LogP contribution in [0.4, 0.5) is 11.6 Å². The summed E-state index contributed by atoms with van der Waals surface area (Å²) in [4.78, 5) is 39.4. The molecule has 2 aliphatic rings. The predicted octanol–water partition coefficient (Wildman–Crippen LogP) is 6.25. The summed E-state index contributed by atoms with van der Waals surface area (Å²) in [5.74, 6) is 1.28. The van der Waals surface area contributed by atoms with E-state index in [4.69, 9.17) is 15.1 Å². The summed E-state index contributed by atoms with van der Waals surface area (Å²) < 4.78 is 9.10. The third-order valence-corrected chi connectivity index (χ3v) is 9.82. The van der Waals surface area contributed by atoms with E-state index in [2.05, 4.69) is 14.5 Å². The molecule has 222 valence electrons. The summed E-state index contributed by atoms with van der Waals surface area (Å²) in [6, 6.07) is 9.78. The summed E-state index contributed by atoms with van der Waals surface area (Å²) in [6.07, 6.45) is 10.1. The first-order valence-electron chi connectivity index (χ1n) is 15.1. The number of hydrogen-bond donors (Lipinski definition) is 1. The van der Waals surface area contributed by atoms with E-state index < -0.39 is 0 Å². The van der Waals surface area contributed by atoms with Crippen LogP contribution in [0.15, 0.2) is 51.1 Å². The van der Waals surface area contributed by atoms with Crippen LogP contribution in [0.2, 0.25) is 0 Å². The summed E-state index contributed by atoms with van der Waals surface area (Å²) in [7, 11) is 3.56. The molecule has 0 unspecified atom stereocenters. The SMILES string of the molecule is CN(C)C(=O)c1cc2cnc(Cc3ccc(-c4csc5c(=O)cc(N6CCCCC6)oc45)cc3N)nc2n1C1CCCC1. The van der Waals surface area contributed by atoms with Crippen LogP contribution in [0.3, 0.4) is 0 Å². The van der Waals surface area contributed by atoms with Gasteiger partial charge in [0.2, 0.25) is 5.43 Å². The summed E-state index contributed by atoms with van der Waals surface area (Å²) in [5, 5.41) is 2.85. The van der Waals surface area contributed by atoms with Crippen molar-refractivity contribution in [2.45, 2.75) is 57.4 Å². The highest BCUT2D eigenvalue weighted by Crippen LogP contribution is 2.37. The van der Waals surface area contributed by atoms with Gasteiger partial charge < -0.3 is 24.5 Å². The molecule has 0 atom stereocenters. The standard InChI is InChI=1S/C33H36N6O3S/c1-37(2)33(41)26-15-22-18-35-28(36-32(22)39(26)23-8-4-5-9-23)16-21-11-10-20(14-25(21)34)24-19-43-31-27(40)17-29(42-30(24)31)38-12-6-3-7-13-38/h10-11,14-15,17-19,23H,3-9,12-13,16,34H2,1-2H3. The fourth-order valence-corrected chi connectivity index (χ4v) is 7.46. The Morgan fingerprint density at radius 3 is 2.63 bits per heavy atom. The zero-order valence-electron chi connectivity index (χ0n) is 24.6. The van der Waals surface area contributed by atoms with E-state index >= 15 is 0 Å². The molecule has 7 rings (SSSR count). The van der Waals surface area contributed by atoms with Crippen molar-refractivity contribution < 1.29 is 9.21 Å². The van der Waals surface area contributed by atoms with E-state index in [0.29, 0.717) is 39.8 Å². The van der Waals surface area contributed by atoms with Gasteiger partial charge in [-0.25, -0.2) is 9.97 Å². The Morgan fingerprint density at radius 1 is 1.09 bits per heavy atom. The Hall–Kier alpha value is -4.18. The number of anilines is 2. The summed E-state index contributed by atoms with van der Waals surface area (Å²) in [6.45, 7) is 1.81. The van der Waals surface area contributed by atoms with Gasteiger partial charge >= 0.3 is 0 Å². The van der Waals surface area contributed by atoms with E-state index in [1.165, 1.54) is 17.8 Å². The van der Waals surface area contributed by atoms with Crippen molar-refractivity contribution in [1.29, 1.82) is 0 Å². The van der Waals surface area contributed by atoms with E-state index in [0.717, 1.165) is 79.3 Å². The lowest BCUT2D eigenvalue weighted by Crippen LogP contribution is -2.29. The quantitative estimate of drug-likeness (QED) is 0.231. The highest BCUT2D eigenvalue weighted by atomic mass is 32.1. The average Bonchev–Trinajstić information content (AvgIpc) is 3.77. The number of nitrogens with two attached hydrogens (primary N) is 1. The molecule has 1 saturated heterocycles. The first-order valence-corrected chi connectivity index (χ1v) is 16.0. The van der Waals surface area contributed by atoms with Gasteiger partial charge in [0, 0.05) is 73.9 Å². The number of carbonyl (C=O) groups is 1. The molecule has 1 aromatic carbocycles. The third-order valence-electron chi connectivity index (χ3n) is 8.84. The van der Waals surface area contributed by atoms with Gasteiger partial charge in [-0.3, -0.25) is 9.59 Å². The topological polar surface area (TPSA) is 110 Å². The highest BCUT2D eigenvalue weighted by Gasteiger charge is 2.27. The van der Waals surface area contributed by atoms with Gasteiger partial charge in [0.25, 0.3) is 5.91 Å². The fraction of sp³-hybridized carbons (Fsp3) is 0.394. The molecule has 5 heterocycles. The van der Waals surface area contributed by atoms with Gasteiger partial charge in [-0.15, -0.1) is 11.3 Å². The van der Waals surface area contributed by atoms with Gasteiger partial charge in [0.05, 0.1) is 0 Å². The number of nitrogen functional groups attached to an aromatic ring is 1. The van der Waals surface area contributed by atoms with E-state index in [-0.39, 0.29) is 17.4 Å². The lowest BCUT2D eigenvalue weighted by molar-refractivity contribution is 0.0815. The zero-order valence-corrected chi connectivity index (χ0v) is 25.5. The smallest absolute Gasteiger partial charge is 0.270 e. The molecule has 5 aromatic rings. The Labute approximate surface area is 253 Å². The minimum absolute atomic E-state index is 0.00648. The van der Waals surface area contributed by atoms with Gasteiger partial charge in [-0.2, -0.15) is 0 Å². The van der Waals surface area contributed by atoms with Gasteiger partial charge in [0.15, 0.2) is 11.5 Å². The van der Waals surface area contributed by atoms with Crippen LogP contribution in [0.25, 0.3) is 32.4 Å². The number of aromatic nitrogens is 3. The first kappa shape index (κ1) is 27.6. The van der Waals surface area contributed by atoms with Crippen molar-refractivity contribution in [1.82, 2.24) is 19.4 Å². The molecule has 9 nitrogen and oxygen atoms in total. The molecule has 2 fully saturated rings. The molecular weight excluding hydrogens is 560 g/mol. The van der Waals surface area contributed by atoms with E-state index in [1.54, 1.807) is 25.1 Å². The van der Waals surface area contributed by atoms with Crippen LogP contribution >= 0.6 is 11.3 Å². The molecule has 43 heavy (non-hydrogen) atoms. The van der Waals surface area contributed by atoms with Crippen LogP contribution in [0, 0.1) is 0 Å². The molecule has 0 radical (unpaired) electrons. The maximum atomic E-state index is 13.1. The number of hydrogen-bond acceptors (Lipinski definition) is 8. The lowest BCUT2D eigenvalue weighted by atomic mass is 10.0. The monoisotopic (exact) mass is 596 g/mol. The molecule has 1 aliphatic carbocycles. The van der Waals surface area contributed by atoms with Crippen molar-refractivity contribution >= 4 is 50.1 Å². The normalized spacial score (nSPS) is 16.0. The molecule has 1 saturated carbocycles. The lowest BCUT2D eigenvalue weighted by Gasteiger charge is -2.26. The second-order valence-electron chi connectivity index (χ2n) is 12.0. The minimum Gasteiger partial charge on any atom is -0.439 e. The van der Waals surface area contributed by atoms with Crippen LogP contribution in [-0.4, -0.2) is 52.5 Å². The number of benzene rings is 1. The molecule has 4 aromatic heterocycles. The number of piperidine rings is 1. The van der Waals surface area contributed by atoms with E-state index in [9.17, 15) is 9.59 Å². The summed E-state index contributed by atoms with van der Waals surface area (Å²) >= 11 is 1.41. The number of thiophene rings is 1. The molecule has 10 heteroatoms. The van der Waals surface area contributed by atoms with Crippen molar-refractivity contribution in [3.8, 4) is 11.1 Å². The largest absolute Gasteiger partial charge is 0.439 e. The molecule has 1 amide bonds. The number of amides is 1. The Morgan fingerprint density at radius 2 is 1.88 bits per heavy atom. The number of nitrogens with zero attached hydrogens (tertiary/aromatic N) is 5. The highest BCUT2D eigenvalue weighted by molar-refractivity contribution is 7.17. The summed E-state index contributed by atoms with van der Waals surface area (Å²) in [5.41, 5.74) is 12.0. The predicted molar refractivity (Wildman–Crippen MR) is 172 cm³/mol. The van der Waals surface area contributed by atoms with Crippen molar-refractivity contribution in [3.05, 3.63) is 69.2 Å². The maximum absolute atomic E-state index is 13.1. The van der Waals surface area contributed by atoms with Crippen LogP contribution in [-0.2, 0) is 6.42 Å². The molecule has 1 aliphatic heterocycles. The second-order valence-corrected chi connectivity index (χ2v) is 12.9. The number of rotatable bonds is 6. The second kappa shape index (κ2) is 11.1. The maximum Gasteiger partial charge on any atom is 0.270 e. The Bertz CT molecular complexity index is 1890. The Balaban J connectivity index is 1.21. The van der Waals surface area contributed by atoms with Gasteiger partial charge in [-0.1, -0.05) is 25.0 Å². The zero-order chi connectivity index (χ0) is 29.7. The van der Waals surface area contributed by atoms with Crippen molar-refractivity contribution in [2.75, 3.05) is 37.8 Å². The van der Waals surface area contributed by atoms with Crippen LogP contribution in [0.5, 0.6) is 0 Å². The van der Waals surface area contributed by atoms with Gasteiger partial charge in [-0.05, 0) is 55.4 Å². The fourth-order valence-electron chi connectivity index (χ4n) is 6.55. The molecule has 0 spiro atoms.